The van der Waals surface area contributed by atoms with E-state index in [1.54, 1.807) is 6.92 Å². The second-order valence-corrected chi connectivity index (χ2v) is 7.25. The number of carbonyl (C=O) groups is 1. The molecule has 0 amide bonds. The molecule has 21 heavy (non-hydrogen) atoms. The van der Waals surface area contributed by atoms with E-state index < -0.39 is 5.97 Å². The summed E-state index contributed by atoms with van der Waals surface area (Å²) >= 11 is 6.10. The number of aromatic nitrogens is 2. The van der Waals surface area contributed by atoms with Gasteiger partial charge in [0.1, 0.15) is 21.1 Å². The van der Waals surface area contributed by atoms with Crippen molar-refractivity contribution in [2.45, 2.75) is 16.8 Å². The zero-order valence-corrected chi connectivity index (χ0v) is 14.1. The molecule has 0 saturated carbocycles. The minimum absolute atomic E-state index is 0.322. The van der Waals surface area contributed by atoms with E-state index in [-0.39, 0.29) is 0 Å². The van der Waals surface area contributed by atoms with Crippen molar-refractivity contribution in [1.82, 2.24) is 9.97 Å². The SMILES string of the molecule is Cc1c(C(=O)O)sc2ncnc(Sc3ccc(Br)cc3)c12. The van der Waals surface area contributed by atoms with Crippen molar-refractivity contribution < 1.29 is 9.90 Å². The number of aryl methyl sites for hydroxylation is 1. The fourth-order valence-electron chi connectivity index (χ4n) is 1.93. The van der Waals surface area contributed by atoms with E-state index in [1.165, 1.54) is 29.4 Å². The van der Waals surface area contributed by atoms with Gasteiger partial charge in [0.2, 0.25) is 0 Å². The maximum absolute atomic E-state index is 11.2. The van der Waals surface area contributed by atoms with Gasteiger partial charge < -0.3 is 5.11 Å². The standard InChI is InChI=1S/C14H9BrN2O2S2/c1-7-10-12(20-9-4-2-8(15)3-5-9)16-6-17-13(10)21-11(7)14(18)19/h2-6H,1H3,(H,18,19). The Balaban J connectivity index is 2.10. The molecular weight excluding hydrogens is 372 g/mol. The molecule has 0 unspecified atom stereocenters. The highest BCUT2D eigenvalue weighted by Crippen LogP contribution is 2.37. The maximum atomic E-state index is 11.2. The second-order valence-electron chi connectivity index (χ2n) is 4.28. The fraction of sp³-hybridized carbons (Fsp3) is 0.0714. The Morgan fingerprint density at radius 2 is 2.00 bits per heavy atom. The maximum Gasteiger partial charge on any atom is 0.346 e. The van der Waals surface area contributed by atoms with Gasteiger partial charge in [-0.15, -0.1) is 11.3 Å². The van der Waals surface area contributed by atoms with Crippen LogP contribution in [0.2, 0.25) is 0 Å². The van der Waals surface area contributed by atoms with Gasteiger partial charge in [-0.05, 0) is 36.8 Å². The molecule has 0 atom stereocenters. The molecule has 3 aromatic rings. The van der Waals surface area contributed by atoms with Crippen LogP contribution in [0.1, 0.15) is 15.2 Å². The molecule has 1 aromatic carbocycles. The Bertz CT molecular complexity index is 831. The van der Waals surface area contributed by atoms with Crippen molar-refractivity contribution in [3.05, 3.63) is 45.5 Å². The number of benzene rings is 1. The van der Waals surface area contributed by atoms with Gasteiger partial charge in [0.25, 0.3) is 0 Å². The third kappa shape index (κ3) is 2.81. The molecule has 0 fully saturated rings. The van der Waals surface area contributed by atoms with Gasteiger partial charge in [-0.2, -0.15) is 0 Å². The van der Waals surface area contributed by atoms with Crippen molar-refractivity contribution in [2.75, 3.05) is 0 Å². The summed E-state index contributed by atoms with van der Waals surface area (Å²) in [4.78, 5) is 21.8. The number of nitrogens with zero attached hydrogens (tertiary/aromatic N) is 2. The first-order chi connectivity index (χ1) is 10.1. The zero-order valence-electron chi connectivity index (χ0n) is 10.8. The van der Waals surface area contributed by atoms with Crippen LogP contribution >= 0.6 is 39.0 Å². The van der Waals surface area contributed by atoms with Gasteiger partial charge in [-0.25, -0.2) is 14.8 Å². The van der Waals surface area contributed by atoms with E-state index in [1.807, 2.05) is 24.3 Å². The molecule has 0 aliphatic heterocycles. The molecule has 0 spiro atoms. The largest absolute Gasteiger partial charge is 0.477 e. The summed E-state index contributed by atoms with van der Waals surface area (Å²) in [7, 11) is 0. The lowest BCUT2D eigenvalue weighted by Gasteiger charge is -2.03. The lowest BCUT2D eigenvalue weighted by Crippen LogP contribution is -1.94. The number of fused-ring (bicyclic) bond motifs is 1. The molecular formula is C14H9BrN2O2S2. The van der Waals surface area contributed by atoms with Crippen LogP contribution in [-0.4, -0.2) is 21.0 Å². The number of hydrogen-bond donors (Lipinski definition) is 1. The smallest absolute Gasteiger partial charge is 0.346 e. The number of aromatic carboxylic acids is 1. The number of carboxylic acid groups (broad SMARTS) is 1. The lowest BCUT2D eigenvalue weighted by molar-refractivity contribution is 0.0701. The Labute approximate surface area is 137 Å². The lowest BCUT2D eigenvalue weighted by atomic mass is 10.2. The summed E-state index contributed by atoms with van der Waals surface area (Å²) in [6.45, 7) is 1.80. The van der Waals surface area contributed by atoms with E-state index in [0.717, 1.165) is 25.3 Å². The number of hydrogen-bond acceptors (Lipinski definition) is 5. The van der Waals surface area contributed by atoms with Gasteiger partial charge in [0, 0.05) is 14.8 Å². The third-order valence-electron chi connectivity index (χ3n) is 2.91. The predicted molar refractivity (Wildman–Crippen MR) is 87.4 cm³/mol. The normalized spacial score (nSPS) is 11.0. The summed E-state index contributed by atoms with van der Waals surface area (Å²) in [6.07, 6.45) is 1.48. The van der Waals surface area contributed by atoms with Crippen molar-refractivity contribution in [3.63, 3.8) is 0 Å². The summed E-state index contributed by atoms with van der Waals surface area (Å²) < 4.78 is 1.01. The minimum Gasteiger partial charge on any atom is -0.477 e. The van der Waals surface area contributed by atoms with Crippen LogP contribution in [-0.2, 0) is 0 Å². The highest BCUT2D eigenvalue weighted by Gasteiger charge is 2.18. The quantitative estimate of drug-likeness (QED) is 0.672. The molecule has 2 heterocycles. The Hall–Kier alpha value is -1.44. The monoisotopic (exact) mass is 380 g/mol. The average molecular weight is 381 g/mol. The van der Waals surface area contributed by atoms with Crippen LogP contribution in [0.15, 0.2) is 45.0 Å². The molecule has 0 aliphatic rings. The zero-order chi connectivity index (χ0) is 15.0. The van der Waals surface area contributed by atoms with Crippen molar-refractivity contribution >= 4 is 55.2 Å². The number of rotatable bonds is 3. The van der Waals surface area contributed by atoms with Gasteiger partial charge in [-0.1, -0.05) is 27.7 Å². The molecule has 1 N–H and O–H groups in total. The Kier molecular flexibility index (Phi) is 3.97. The molecule has 0 saturated heterocycles. The van der Waals surface area contributed by atoms with E-state index in [4.69, 9.17) is 0 Å². The number of thiophene rings is 1. The fourth-order valence-corrected chi connectivity index (χ4v) is 4.20. The van der Waals surface area contributed by atoms with Gasteiger partial charge >= 0.3 is 5.97 Å². The first kappa shape index (κ1) is 14.5. The van der Waals surface area contributed by atoms with Gasteiger partial charge in [0.15, 0.2) is 0 Å². The van der Waals surface area contributed by atoms with Crippen molar-refractivity contribution in [1.29, 1.82) is 0 Å². The molecule has 106 valence electrons. The second kappa shape index (κ2) is 5.75. The predicted octanol–water partition coefficient (Wildman–Crippen LogP) is 4.61. The summed E-state index contributed by atoms with van der Waals surface area (Å²) in [5, 5.41) is 10.8. The van der Waals surface area contributed by atoms with E-state index in [9.17, 15) is 9.90 Å². The van der Waals surface area contributed by atoms with E-state index >= 15 is 0 Å². The Morgan fingerprint density at radius 1 is 1.29 bits per heavy atom. The van der Waals surface area contributed by atoms with Crippen LogP contribution < -0.4 is 0 Å². The van der Waals surface area contributed by atoms with Crippen LogP contribution in [0.25, 0.3) is 10.2 Å². The minimum atomic E-state index is -0.921. The first-order valence-corrected chi connectivity index (χ1v) is 8.39. The summed E-state index contributed by atoms with van der Waals surface area (Å²) in [6, 6.07) is 7.90. The third-order valence-corrected chi connectivity index (χ3v) is 5.64. The first-order valence-electron chi connectivity index (χ1n) is 5.97. The van der Waals surface area contributed by atoms with Crippen molar-refractivity contribution in [2.24, 2.45) is 0 Å². The number of carboxylic acids is 1. The summed E-state index contributed by atoms with van der Waals surface area (Å²) in [5.74, 6) is -0.921. The molecule has 0 aliphatic carbocycles. The highest BCUT2D eigenvalue weighted by atomic mass is 79.9. The molecule has 3 rings (SSSR count). The molecule has 2 aromatic heterocycles. The van der Waals surface area contributed by atoms with Crippen LogP contribution in [0.3, 0.4) is 0 Å². The molecule has 0 radical (unpaired) electrons. The van der Waals surface area contributed by atoms with Crippen LogP contribution in [0.5, 0.6) is 0 Å². The van der Waals surface area contributed by atoms with Crippen LogP contribution in [0.4, 0.5) is 0 Å². The molecule has 4 nitrogen and oxygen atoms in total. The number of halogens is 1. The average Bonchev–Trinajstić information content (AvgIpc) is 2.80. The Morgan fingerprint density at radius 3 is 2.67 bits per heavy atom. The van der Waals surface area contributed by atoms with Gasteiger partial charge in [-0.3, -0.25) is 0 Å². The van der Waals surface area contributed by atoms with E-state index in [0.29, 0.717) is 9.71 Å². The highest BCUT2D eigenvalue weighted by molar-refractivity contribution is 9.10. The topological polar surface area (TPSA) is 63.1 Å². The summed E-state index contributed by atoms with van der Waals surface area (Å²) in [5.41, 5.74) is 0.725. The van der Waals surface area contributed by atoms with Gasteiger partial charge in [0.05, 0.1) is 0 Å². The van der Waals surface area contributed by atoms with Crippen LogP contribution in [0, 0.1) is 6.92 Å². The molecule has 7 heteroatoms. The van der Waals surface area contributed by atoms with E-state index in [2.05, 4.69) is 25.9 Å². The molecule has 0 bridgehead atoms. The van der Waals surface area contributed by atoms with Crippen molar-refractivity contribution in [3.8, 4) is 0 Å².